The molecule has 3 rings (SSSR count). The summed E-state index contributed by atoms with van der Waals surface area (Å²) in [6.45, 7) is 1.51. The van der Waals surface area contributed by atoms with Gasteiger partial charge in [-0.1, -0.05) is 6.92 Å². The lowest BCUT2D eigenvalue weighted by molar-refractivity contribution is 0.595. The first-order chi connectivity index (χ1) is 14.6. The maximum absolute atomic E-state index is 12.2. The number of benzene rings is 1. The highest BCUT2D eigenvalue weighted by atomic mass is 32.2. The Hall–Kier alpha value is -3.56. The lowest BCUT2D eigenvalue weighted by Gasteiger charge is -2.13. The number of nitrogens with zero attached hydrogens (tertiary/aromatic N) is 4. The van der Waals surface area contributed by atoms with Gasteiger partial charge in [-0.2, -0.15) is 5.26 Å². The molecule has 3 aromatic rings. The Morgan fingerprint density at radius 3 is 2.23 bits per heavy atom. The Balaban J connectivity index is 1.95. The molecule has 10 nitrogen and oxygen atoms in total. The van der Waals surface area contributed by atoms with Crippen LogP contribution >= 0.6 is 0 Å². The topological polar surface area (TPSA) is 155 Å². The normalized spacial score (nSPS) is 11.5. The van der Waals surface area contributed by atoms with Crippen molar-refractivity contribution in [1.82, 2.24) is 15.0 Å². The first kappa shape index (κ1) is 22.1. The standard InChI is InChI=1S/C19H18N6O4S2/c1-3-31(28,29)14-5-6-16(30(2,26)27)15(8-14)24-18-9-19(23-12-22-18)25-17-7-4-13(10-20)11-21-17/h4-9,11-12H,3H2,1-2H3,(H2,21,22,23,24,25). The van der Waals surface area contributed by atoms with Crippen LogP contribution in [0.25, 0.3) is 0 Å². The summed E-state index contributed by atoms with van der Waals surface area (Å²) in [4.78, 5) is 12.2. The van der Waals surface area contributed by atoms with Gasteiger partial charge in [0.25, 0.3) is 0 Å². The monoisotopic (exact) mass is 458 g/mol. The molecule has 31 heavy (non-hydrogen) atoms. The summed E-state index contributed by atoms with van der Waals surface area (Å²) >= 11 is 0. The zero-order valence-electron chi connectivity index (χ0n) is 16.6. The van der Waals surface area contributed by atoms with Crippen LogP contribution < -0.4 is 10.6 Å². The molecule has 0 aliphatic heterocycles. The Labute approximate surface area is 179 Å². The average Bonchev–Trinajstić information content (AvgIpc) is 2.73. The van der Waals surface area contributed by atoms with Gasteiger partial charge >= 0.3 is 0 Å². The molecule has 1 aromatic carbocycles. The second-order valence-corrected chi connectivity index (χ2v) is 10.7. The van der Waals surface area contributed by atoms with Crippen LogP contribution in [0.5, 0.6) is 0 Å². The van der Waals surface area contributed by atoms with E-state index in [9.17, 15) is 16.8 Å². The first-order valence-electron chi connectivity index (χ1n) is 8.91. The molecule has 0 aliphatic rings. The molecule has 0 fully saturated rings. The predicted molar refractivity (Wildman–Crippen MR) is 115 cm³/mol. The Kier molecular flexibility index (Phi) is 6.19. The van der Waals surface area contributed by atoms with Crippen molar-refractivity contribution in [3.63, 3.8) is 0 Å². The van der Waals surface area contributed by atoms with Gasteiger partial charge in [-0.3, -0.25) is 0 Å². The third kappa shape index (κ3) is 5.33. The summed E-state index contributed by atoms with van der Waals surface area (Å²) in [5.74, 6) is 0.913. The van der Waals surface area contributed by atoms with E-state index >= 15 is 0 Å². The van der Waals surface area contributed by atoms with E-state index in [0.29, 0.717) is 17.2 Å². The molecule has 0 spiro atoms. The Bertz CT molecular complexity index is 1370. The second kappa shape index (κ2) is 8.66. The van der Waals surface area contributed by atoms with Gasteiger partial charge in [0, 0.05) is 18.5 Å². The lowest BCUT2D eigenvalue weighted by Crippen LogP contribution is -2.08. The molecular weight excluding hydrogens is 440 g/mol. The number of hydrogen-bond donors (Lipinski definition) is 2. The summed E-state index contributed by atoms with van der Waals surface area (Å²) < 4.78 is 48.8. The van der Waals surface area contributed by atoms with Crippen LogP contribution in [0.3, 0.4) is 0 Å². The van der Waals surface area contributed by atoms with Gasteiger partial charge in [0.1, 0.15) is 29.9 Å². The molecule has 2 aromatic heterocycles. The van der Waals surface area contributed by atoms with Crippen molar-refractivity contribution in [2.45, 2.75) is 16.7 Å². The highest BCUT2D eigenvalue weighted by molar-refractivity contribution is 7.91. The molecule has 0 radical (unpaired) electrons. The van der Waals surface area contributed by atoms with Gasteiger partial charge in [-0.25, -0.2) is 31.8 Å². The van der Waals surface area contributed by atoms with Crippen LogP contribution in [-0.2, 0) is 19.7 Å². The number of pyridine rings is 1. The van der Waals surface area contributed by atoms with Crippen molar-refractivity contribution in [1.29, 1.82) is 5.26 Å². The summed E-state index contributed by atoms with van der Waals surface area (Å²) in [6.07, 6.45) is 3.69. The Morgan fingerprint density at radius 1 is 0.935 bits per heavy atom. The molecule has 0 unspecified atom stereocenters. The summed E-state index contributed by atoms with van der Waals surface area (Å²) in [5.41, 5.74) is 0.490. The van der Waals surface area contributed by atoms with E-state index < -0.39 is 19.7 Å². The molecule has 0 saturated heterocycles. The van der Waals surface area contributed by atoms with Gasteiger partial charge in [-0.15, -0.1) is 0 Å². The number of nitriles is 1. The van der Waals surface area contributed by atoms with Crippen molar-refractivity contribution in [2.24, 2.45) is 0 Å². The third-order valence-corrected chi connectivity index (χ3v) is 7.06. The molecule has 0 atom stereocenters. The average molecular weight is 459 g/mol. The summed E-state index contributed by atoms with van der Waals surface area (Å²) in [5, 5.41) is 14.6. The van der Waals surface area contributed by atoms with Crippen LogP contribution in [0.1, 0.15) is 12.5 Å². The number of anilines is 4. The molecule has 0 aliphatic carbocycles. The lowest BCUT2D eigenvalue weighted by atomic mass is 10.3. The summed E-state index contributed by atoms with van der Waals surface area (Å²) in [7, 11) is -7.18. The van der Waals surface area contributed by atoms with Gasteiger partial charge in [0.2, 0.25) is 0 Å². The van der Waals surface area contributed by atoms with Crippen LogP contribution in [0.15, 0.2) is 58.7 Å². The van der Waals surface area contributed by atoms with Crippen molar-refractivity contribution < 1.29 is 16.8 Å². The van der Waals surface area contributed by atoms with E-state index in [1.807, 2.05) is 6.07 Å². The van der Waals surface area contributed by atoms with E-state index in [0.717, 1.165) is 6.26 Å². The fraction of sp³-hybridized carbons (Fsp3) is 0.158. The van der Waals surface area contributed by atoms with Gasteiger partial charge < -0.3 is 10.6 Å². The quantitative estimate of drug-likeness (QED) is 0.539. The smallest absolute Gasteiger partial charge is 0.178 e. The molecule has 2 heterocycles. The number of hydrogen-bond acceptors (Lipinski definition) is 10. The SMILES string of the molecule is CCS(=O)(=O)c1ccc(S(C)(=O)=O)c(Nc2cc(Nc3ccc(C#N)cn3)ncn2)c1. The summed E-state index contributed by atoms with van der Waals surface area (Å²) in [6, 6.07) is 10.5. The van der Waals surface area contributed by atoms with E-state index in [-0.39, 0.29) is 27.0 Å². The Morgan fingerprint density at radius 2 is 1.65 bits per heavy atom. The van der Waals surface area contributed by atoms with Gasteiger partial charge in [0.15, 0.2) is 19.7 Å². The van der Waals surface area contributed by atoms with Crippen molar-refractivity contribution in [3.8, 4) is 6.07 Å². The fourth-order valence-electron chi connectivity index (χ4n) is 2.59. The molecule has 0 saturated carbocycles. The van der Waals surface area contributed by atoms with E-state index in [1.54, 1.807) is 12.1 Å². The fourth-order valence-corrected chi connectivity index (χ4v) is 4.32. The molecular formula is C19H18N6O4S2. The van der Waals surface area contributed by atoms with Crippen molar-refractivity contribution in [2.75, 3.05) is 22.6 Å². The van der Waals surface area contributed by atoms with E-state index in [1.165, 1.54) is 43.7 Å². The maximum Gasteiger partial charge on any atom is 0.178 e. The van der Waals surface area contributed by atoms with Crippen molar-refractivity contribution in [3.05, 3.63) is 54.5 Å². The predicted octanol–water partition coefficient (Wildman–Crippen LogP) is 2.43. The van der Waals surface area contributed by atoms with Crippen LogP contribution in [0.4, 0.5) is 23.1 Å². The maximum atomic E-state index is 12.2. The van der Waals surface area contributed by atoms with Crippen LogP contribution in [-0.4, -0.2) is 43.8 Å². The molecule has 160 valence electrons. The van der Waals surface area contributed by atoms with Crippen LogP contribution in [0, 0.1) is 11.3 Å². The third-order valence-electron chi connectivity index (χ3n) is 4.17. The zero-order chi connectivity index (χ0) is 22.6. The number of rotatable bonds is 7. The first-order valence-corrected chi connectivity index (χ1v) is 12.5. The minimum Gasteiger partial charge on any atom is -0.339 e. The van der Waals surface area contributed by atoms with Gasteiger partial charge in [0.05, 0.1) is 26.8 Å². The number of sulfone groups is 2. The van der Waals surface area contributed by atoms with E-state index in [4.69, 9.17) is 5.26 Å². The minimum atomic E-state index is -3.64. The minimum absolute atomic E-state index is 0.000845. The highest BCUT2D eigenvalue weighted by Crippen LogP contribution is 2.28. The molecule has 2 N–H and O–H groups in total. The number of aromatic nitrogens is 3. The van der Waals surface area contributed by atoms with Crippen molar-refractivity contribution >= 4 is 42.8 Å². The second-order valence-electron chi connectivity index (χ2n) is 6.42. The molecule has 0 bridgehead atoms. The molecule has 0 amide bonds. The van der Waals surface area contributed by atoms with Gasteiger partial charge in [-0.05, 0) is 30.3 Å². The molecule has 12 heteroatoms. The largest absolute Gasteiger partial charge is 0.339 e. The highest BCUT2D eigenvalue weighted by Gasteiger charge is 2.19. The van der Waals surface area contributed by atoms with Crippen LogP contribution in [0.2, 0.25) is 0 Å². The number of nitrogens with one attached hydrogen (secondary N) is 2. The zero-order valence-corrected chi connectivity index (χ0v) is 18.2. The van der Waals surface area contributed by atoms with E-state index in [2.05, 4.69) is 25.6 Å².